The number of hydrogen-bond acceptors (Lipinski definition) is 21. The molecule has 10 atom stereocenters. The molecule has 0 aromatic rings. The summed E-state index contributed by atoms with van der Waals surface area (Å²) in [4.78, 5) is 137. The van der Waals surface area contributed by atoms with E-state index in [0.717, 1.165) is 64.2 Å². The largest absolute Gasteiger partial charge is 0.394 e. The molecule has 10 amide bonds. The number of aliphatic hydroxyl groups is 2. The lowest BCUT2D eigenvalue weighted by Crippen LogP contribution is -2.59. The van der Waals surface area contributed by atoms with Crippen LogP contribution >= 0.6 is 23.5 Å². The molecular weight excluding hydrogens is 1370 g/mol. The first-order chi connectivity index (χ1) is 50.2. The van der Waals surface area contributed by atoms with Crippen LogP contribution in [-0.2, 0) is 47.9 Å². The van der Waals surface area contributed by atoms with Crippen LogP contribution in [0.25, 0.3) is 0 Å². The molecule has 0 rings (SSSR count). The number of aliphatic hydroxyl groups excluding tert-OH is 2. The van der Waals surface area contributed by atoms with E-state index in [0.29, 0.717) is 123 Å². The topological polar surface area (TPSA) is 514 Å². The maximum atomic E-state index is 14.5. The number of nitrogens with two attached hydrogens (primary N) is 7. The lowest BCUT2D eigenvalue weighted by molar-refractivity contribution is -0.134. The predicted octanol–water partition coefficient (Wildman–Crippen LogP) is 2.49. The SMILES string of the molecule is CCCCCCCCCCCCNC(=O)C(CO)NC(=O)C(CSCCSCC(NC(=O)C(CCCCNC(=O)C(N)CCCN)NC(=O)C(N)CCCCN)C(=O)NC(CO)C(=O)NCCCCCCCCCCCC)NC(=O)C(CCCCNC(=O)C(N)CCCC)NC(=O)C(N)CCCCN. The van der Waals surface area contributed by atoms with Crippen LogP contribution in [0, 0.1) is 0 Å². The van der Waals surface area contributed by atoms with E-state index in [1.807, 2.05) is 6.92 Å². The Morgan fingerprint density at radius 3 is 0.846 bits per heavy atom. The molecule has 104 heavy (non-hydrogen) atoms. The van der Waals surface area contributed by atoms with E-state index in [1.54, 1.807) is 0 Å². The van der Waals surface area contributed by atoms with E-state index in [4.69, 9.17) is 40.1 Å². The fourth-order valence-electron chi connectivity index (χ4n) is 11.3. The second-order valence-electron chi connectivity index (χ2n) is 27.5. The summed E-state index contributed by atoms with van der Waals surface area (Å²) in [5, 5.41) is 48.5. The number of carbonyl (C=O) groups excluding carboxylic acids is 10. The van der Waals surface area contributed by atoms with Gasteiger partial charge in [0.15, 0.2) is 0 Å². The first-order valence-corrected chi connectivity index (χ1v) is 41.9. The Morgan fingerprint density at radius 1 is 0.269 bits per heavy atom. The van der Waals surface area contributed by atoms with Gasteiger partial charge >= 0.3 is 0 Å². The summed E-state index contributed by atoms with van der Waals surface area (Å²) in [5.74, 6) is -5.79. The highest BCUT2D eigenvalue weighted by Crippen LogP contribution is 2.16. The third-order valence-electron chi connectivity index (χ3n) is 18.1. The van der Waals surface area contributed by atoms with Gasteiger partial charge in [-0.25, -0.2) is 0 Å². The van der Waals surface area contributed by atoms with Gasteiger partial charge in [-0.15, -0.1) is 0 Å². The maximum Gasteiger partial charge on any atom is 0.244 e. The fraction of sp³-hybridized carbons (Fsp3) is 0.863. The molecule has 0 fully saturated rings. The number of carbonyl (C=O) groups is 10. The van der Waals surface area contributed by atoms with Crippen molar-refractivity contribution in [1.29, 1.82) is 0 Å². The summed E-state index contributed by atoms with van der Waals surface area (Å²) in [6.45, 7) is 7.17. The van der Waals surface area contributed by atoms with Crippen LogP contribution < -0.4 is 93.3 Å². The maximum absolute atomic E-state index is 14.5. The first-order valence-electron chi connectivity index (χ1n) is 39.6. The summed E-state index contributed by atoms with van der Waals surface area (Å²) in [6, 6.07) is -11.3. The summed E-state index contributed by atoms with van der Waals surface area (Å²) in [5.41, 5.74) is 41.7. The molecule has 26 N–H and O–H groups in total. The van der Waals surface area contributed by atoms with Crippen molar-refractivity contribution < 1.29 is 58.2 Å². The number of nitrogens with one attached hydrogen (secondary N) is 10. The summed E-state index contributed by atoms with van der Waals surface area (Å²) >= 11 is 2.45. The minimum absolute atomic E-state index is 0.0692. The third-order valence-corrected chi connectivity index (χ3v) is 20.5. The van der Waals surface area contributed by atoms with Gasteiger partial charge in [0.25, 0.3) is 0 Å². The Labute approximate surface area is 631 Å². The van der Waals surface area contributed by atoms with Gasteiger partial charge in [0.05, 0.1) is 37.4 Å². The van der Waals surface area contributed by atoms with Crippen molar-refractivity contribution in [3.05, 3.63) is 0 Å². The molecule has 31 heteroatoms. The van der Waals surface area contributed by atoms with E-state index < -0.39 is 121 Å². The number of thioether (sulfide) groups is 2. The summed E-state index contributed by atoms with van der Waals surface area (Å²) in [7, 11) is 0. The molecule has 0 bridgehead atoms. The molecule has 0 radical (unpaired) electrons. The summed E-state index contributed by atoms with van der Waals surface area (Å²) in [6.07, 6.45) is 29.6. The van der Waals surface area contributed by atoms with Gasteiger partial charge in [0.2, 0.25) is 59.1 Å². The van der Waals surface area contributed by atoms with E-state index >= 15 is 0 Å². The molecule has 0 aromatic heterocycles. The van der Waals surface area contributed by atoms with Crippen molar-refractivity contribution in [2.75, 3.05) is 82.0 Å². The van der Waals surface area contributed by atoms with Crippen molar-refractivity contribution in [1.82, 2.24) is 53.2 Å². The molecule has 0 saturated carbocycles. The average molecular weight is 1520 g/mol. The molecule has 606 valence electrons. The Balaban J connectivity index is 6.96. The molecule has 0 aromatic carbocycles. The quantitative estimate of drug-likeness (QED) is 0.0389. The molecule has 29 nitrogen and oxygen atoms in total. The Hall–Kier alpha value is -4.96. The molecule has 0 saturated heterocycles. The van der Waals surface area contributed by atoms with Crippen LogP contribution in [0.5, 0.6) is 0 Å². The first kappa shape index (κ1) is 99.0. The second kappa shape index (κ2) is 67.4. The zero-order chi connectivity index (χ0) is 77.4. The van der Waals surface area contributed by atoms with Crippen molar-refractivity contribution in [2.45, 2.75) is 319 Å². The minimum Gasteiger partial charge on any atom is -0.394 e. The van der Waals surface area contributed by atoms with Gasteiger partial charge in [-0.2, -0.15) is 23.5 Å². The van der Waals surface area contributed by atoms with Crippen molar-refractivity contribution in [2.24, 2.45) is 40.1 Å². The van der Waals surface area contributed by atoms with Gasteiger partial charge < -0.3 is 104 Å². The van der Waals surface area contributed by atoms with Gasteiger partial charge in [0.1, 0.15) is 36.3 Å². The molecule has 0 heterocycles. The highest BCUT2D eigenvalue weighted by molar-refractivity contribution is 8.03. The standard InChI is InChI=1S/C73H145N17O12S2/c1-4-7-10-12-14-16-18-20-22-30-44-83-68(97)60(50-91)87-72(101)62(89-70(99)58(85-66(95)56(79)36-24-28-41-74)39-26-32-46-81-64(93)54(77)35-9-6-3)52-103-48-49-104-53-63(73(102)88-61(51-92)69(98)84-45-31-23-21-19-17-15-13-11-8-5-2)90-71(100)59(86-67(96)57(80)37-25-29-42-75)40-27-33-47-82-65(94)55(78)38-34-43-76/h54-63,91-92H,4-53,74-80H2,1-3H3,(H,81,93)(H,82,94)(H,83,97)(H,84,98)(H,85,95)(H,86,96)(H,87,101)(H,88,102)(H,89,99)(H,90,100). The van der Waals surface area contributed by atoms with E-state index in [2.05, 4.69) is 67.0 Å². The third kappa shape index (κ3) is 51.3. The number of unbranched alkanes of at least 4 members (excludes halogenated alkanes) is 23. The van der Waals surface area contributed by atoms with Gasteiger partial charge in [-0.1, -0.05) is 162 Å². The van der Waals surface area contributed by atoms with E-state index in [1.165, 1.54) is 87.7 Å². The molecule has 0 aliphatic carbocycles. The van der Waals surface area contributed by atoms with Crippen LogP contribution in [-0.4, -0.2) is 212 Å². The Kier molecular flexibility index (Phi) is 64.2. The smallest absolute Gasteiger partial charge is 0.244 e. The van der Waals surface area contributed by atoms with E-state index in [-0.39, 0.29) is 67.2 Å². The molecular formula is C73H145N17O12S2. The van der Waals surface area contributed by atoms with Gasteiger partial charge in [-0.05, 0) is 116 Å². The van der Waals surface area contributed by atoms with Crippen molar-refractivity contribution in [3.63, 3.8) is 0 Å². The number of hydrogen-bond donors (Lipinski definition) is 19. The Morgan fingerprint density at radius 2 is 0.519 bits per heavy atom. The van der Waals surface area contributed by atoms with Crippen LogP contribution in [0.4, 0.5) is 0 Å². The lowest BCUT2D eigenvalue weighted by atomic mass is 10.1. The lowest BCUT2D eigenvalue weighted by Gasteiger charge is -2.26. The van der Waals surface area contributed by atoms with Crippen LogP contribution in [0.1, 0.15) is 258 Å². The van der Waals surface area contributed by atoms with Crippen molar-refractivity contribution in [3.8, 4) is 0 Å². The zero-order valence-electron chi connectivity index (χ0n) is 64.0. The highest BCUT2D eigenvalue weighted by atomic mass is 32.2. The van der Waals surface area contributed by atoms with Crippen LogP contribution in [0.2, 0.25) is 0 Å². The Bertz CT molecular complexity index is 2140. The number of amides is 10. The molecule has 10 unspecified atom stereocenters. The normalized spacial score (nSPS) is 14.2. The predicted molar refractivity (Wildman–Crippen MR) is 419 cm³/mol. The average Bonchev–Trinajstić information content (AvgIpc) is 0.881. The zero-order valence-corrected chi connectivity index (χ0v) is 65.6. The fourth-order valence-corrected chi connectivity index (χ4v) is 13.5. The highest BCUT2D eigenvalue weighted by Gasteiger charge is 2.33. The van der Waals surface area contributed by atoms with Crippen molar-refractivity contribution >= 4 is 82.6 Å². The monoisotopic (exact) mass is 1520 g/mol. The molecule has 0 spiro atoms. The van der Waals surface area contributed by atoms with E-state index in [9.17, 15) is 58.2 Å². The second-order valence-corrected chi connectivity index (χ2v) is 29.8. The van der Waals surface area contributed by atoms with Crippen LogP contribution in [0.15, 0.2) is 0 Å². The number of rotatable bonds is 71. The summed E-state index contributed by atoms with van der Waals surface area (Å²) < 4.78 is 0. The van der Waals surface area contributed by atoms with Gasteiger partial charge in [0, 0.05) is 49.2 Å². The molecule has 0 aliphatic rings. The van der Waals surface area contributed by atoms with Gasteiger partial charge in [-0.3, -0.25) is 47.9 Å². The molecule has 0 aliphatic heterocycles. The van der Waals surface area contributed by atoms with Crippen LogP contribution in [0.3, 0.4) is 0 Å². The minimum atomic E-state index is -1.39.